The predicted octanol–water partition coefficient (Wildman–Crippen LogP) is -2.46. The van der Waals surface area contributed by atoms with E-state index in [0.29, 0.717) is 0 Å². The number of rotatable bonds is 3. The highest BCUT2D eigenvalue weighted by molar-refractivity contribution is 7.88. The molecule has 0 aromatic heterocycles. The molecule has 92 valence electrons. The number of urea groups is 1. The lowest BCUT2D eigenvalue weighted by atomic mass is 10.2. The number of carbonyl (C=O) groups is 2. The first kappa shape index (κ1) is 12.7. The van der Waals surface area contributed by atoms with E-state index in [1.807, 2.05) is 0 Å². The molecular formula is C7H14N4O4S. The average Bonchev–Trinajstić information content (AvgIpc) is 2.44. The summed E-state index contributed by atoms with van der Waals surface area (Å²) in [6.45, 7) is 0.0516. The highest BCUT2D eigenvalue weighted by atomic mass is 32.2. The van der Waals surface area contributed by atoms with E-state index in [1.165, 1.54) is 0 Å². The zero-order chi connectivity index (χ0) is 12.5. The van der Waals surface area contributed by atoms with E-state index in [-0.39, 0.29) is 13.0 Å². The van der Waals surface area contributed by atoms with Gasteiger partial charge < -0.3 is 16.4 Å². The third kappa shape index (κ3) is 3.07. The summed E-state index contributed by atoms with van der Waals surface area (Å²) in [6, 6.07) is -2.17. The number of primary amides is 2. The number of nitrogens with one attached hydrogen (secondary N) is 1. The molecule has 2 atom stereocenters. The van der Waals surface area contributed by atoms with E-state index in [2.05, 4.69) is 4.72 Å². The van der Waals surface area contributed by atoms with Crippen molar-refractivity contribution in [1.29, 1.82) is 0 Å². The van der Waals surface area contributed by atoms with Gasteiger partial charge in [-0.2, -0.15) is 0 Å². The Morgan fingerprint density at radius 3 is 2.25 bits per heavy atom. The molecule has 8 nitrogen and oxygen atoms in total. The summed E-state index contributed by atoms with van der Waals surface area (Å²) in [5.41, 5.74) is 10.1. The molecule has 0 bridgehead atoms. The average molecular weight is 250 g/mol. The third-order valence-electron chi connectivity index (χ3n) is 2.29. The summed E-state index contributed by atoms with van der Waals surface area (Å²) in [6.07, 6.45) is 1.14. The maximum atomic E-state index is 11.0. The molecule has 0 aromatic rings. The Labute approximate surface area is 93.0 Å². The van der Waals surface area contributed by atoms with E-state index in [9.17, 15) is 18.0 Å². The van der Waals surface area contributed by atoms with Gasteiger partial charge in [-0.25, -0.2) is 17.9 Å². The van der Waals surface area contributed by atoms with Crippen LogP contribution in [0.4, 0.5) is 4.79 Å². The molecule has 9 heteroatoms. The van der Waals surface area contributed by atoms with Crippen molar-refractivity contribution in [2.75, 3.05) is 12.8 Å². The molecule has 0 aromatic carbocycles. The number of hydrogen-bond acceptors (Lipinski definition) is 4. The van der Waals surface area contributed by atoms with Crippen molar-refractivity contribution in [3.05, 3.63) is 0 Å². The molecule has 0 saturated carbocycles. The Morgan fingerprint density at radius 2 is 1.94 bits per heavy atom. The van der Waals surface area contributed by atoms with Crippen LogP contribution in [0.15, 0.2) is 0 Å². The minimum atomic E-state index is -3.39. The Bertz CT molecular complexity index is 385. The van der Waals surface area contributed by atoms with Gasteiger partial charge >= 0.3 is 6.03 Å². The standard InChI is InChI=1S/C7H14N4O4S/c1-16(14,15)10-4-2-5(6(8)12)11(3-4)7(9)13/h4-5,10H,2-3H2,1H3,(H2,8,12)(H2,9,13). The van der Waals surface area contributed by atoms with Gasteiger partial charge in [0, 0.05) is 12.6 Å². The number of amides is 3. The van der Waals surface area contributed by atoms with Crippen molar-refractivity contribution in [3.8, 4) is 0 Å². The van der Waals surface area contributed by atoms with Crippen molar-refractivity contribution in [2.24, 2.45) is 11.5 Å². The van der Waals surface area contributed by atoms with Gasteiger partial charge in [-0.05, 0) is 6.42 Å². The fraction of sp³-hybridized carbons (Fsp3) is 0.714. The van der Waals surface area contributed by atoms with E-state index in [1.54, 1.807) is 0 Å². The number of likely N-dealkylation sites (tertiary alicyclic amines) is 1. The predicted molar refractivity (Wildman–Crippen MR) is 55.7 cm³/mol. The second kappa shape index (κ2) is 4.26. The van der Waals surface area contributed by atoms with Gasteiger partial charge in [0.25, 0.3) is 0 Å². The number of hydrogen-bond donors (Lipinski definition) is 3. The van der Waals surface area contributed by atoms with Crippen LogP contribution in [0.3, 0.4) is 0 Å². The second-order valence-electron chi connectivity index (χ2n) is 3.73. The van der Waals surface area contributed by atoms with Crippen molar-refractivity contribution in [1.82, 2.24) is 9.62 Å². The number of nitrogens with zero attached hydrogens (tertiary/aromatic N) is 1. The minimum absolute atomic E-state index is 0.0516. The molecule has 0 aliphatic carbocycles. The van der Waals surface area contributed by atoms with Crippen molar-refractivity contribution < 1.29 is 18.0 Å². The van der Waals surface area contributed by atoms with E-state index in [4.69, 9.17) is 11.5 Å². The molecule has 0 radical (unpaired) electrons. The molecule has 1 aliphatic rings. The van der Waals surface area contributed by atoms with E-state index >= 15 is 0 Å². The number of sulfonamides is 1. The fourth-order valence-corrected chi connectivity index (χ4v) is 2.51. The zero-order valence-electron chi connectivity index (χ0n) is 8.71. The number of nitrogens with two attached hydrogens (primary N) is 2. The largest absolute Gasteiger partial charge is 0.368 e. The molecular weight excluding hydrogens is 236 g/mol. The smallest absolute Gasteiger partial charge is 0.315 e. The van der Waals surface area contributed by atoms with Crippen molar-refractivity contribution in [2.45, 2.75) is 18.5 Å². The van der Waals surface area contributed by atoms with Crippen molar-refractivity contribution >= 4 is 22.0 Å². The first-order valence-electron chi connectivity index (χ1n) is 4.53. The van der Waals surface area contributed by atoms with Gasteiger partial charge in [0.2, 0.25) is 15.9 Å². The monoisotopic (exact) mass is 250 g/mol. The van der Waals surface area contributed by atoms with Gasteiger partial charge in [-0.3, -0.25) is 4.79 Å². The minimum Gasteiger partial charge on any atom is -0.368 e. The fourth-order valence-electron chi connectivity index (χ4n) is 1.74. The normalized spacial score (nSPS) is 25.7. The molecule has 16 heavy (non-hydrogen) atoms. The van der Waals surface area contributed by atoms with Crippen LogP contribution in [-0.4, -0.2) is 50.1 Å². The van der Waals surface area contributed by atoms with Gasteiger partial charge in [0.05, 0.1) is 6.26 Å². The molecule has 5 N–H and O–H groups in total. The third-order valence-corrected chi connectivity index (χ3v) is 3.05. The van der Waals surface area contributed by atoms with Gasteiger partial charge in [-0.15, -0.1) is 0 Å². The van der Waals surface area contributed by atoms with Crippen LogP contribution in [0.5, 0.6) is 0 Å². The van der Waals surface area contributed by atoms with E-state index in [0.717, 1.165) is 11.2 Å². The molecule has 1 aliphatic heterocycles. The van der Waals surface area contributed by atoms with Crippen LogP contribution in [0.2, 0.25) is 0 Å². The van der Waals surface area contributed by atoms with Crippen LogP contribution >= 0.6 is 0 Å². The lowest BCUT2D eigenvalue weighted by molar-refractivity contribution is -0.121. The highest BCUT2D eigenvalue weighted by Gasteiger charge is 2.38. The Balaban J connectivity index is 2.77. The molecule has 1 fully saturated rings. The second-order valence-corrected chi connectivity index (χ2v) is 5.51. The first-order valence-corrected chi connectivity index (χ1v) is 6.42. The number of carbonyl (C=O) groups excluding carboxylic acids is 2. The summed E-state index contributed by atoms with van der Waals surface area (Å²) >= 11 is 0. The summed E-state index contributed by atoms with van der Waals surface area (Å²) < 4.78 is 24.3. The summed E-state index contributed by atoms with van der Waals surface area (Å²) in [4.78, 5) is 23.1. The Morgan fingerprint density at radius 1 is 1.38 bits per heavy atom. The van der Waals surface area contributed by atoms with Crippen molar-refractivity contribution in [3.63, 3.8) is 0 Å². The van der Waals surface area contributed by atoms with Gasteiger partial charge in [0.1, 0.15) is 6.04 Å². The van der Waals surface area contributed by atoms with Crippen LogP contribution < -0.4 is 16.2 Å². The van der Waals surface area contributed by atoms with E-state index < -0.39 is 34.0 Å². The highest BCUT2D eigenvalue weighted by Crippen LogP contribution is 2.17. The summed E-state index contributed by atoms with van der Waals surface area (Å²) in [7, 11) is -3.39. The quantitative estimate of drug-likeness (QED) is 0.512. The SMILES string of the molecule is CS(=O)(=O)NC1CC(C(N)=O)N(C(N)=O)C1. The van der Waals surface area contributed by atoms with Crippen LogP contribution in [-0.2, 0) is 14.8 Å². The first-order chi connectivity index (χ1) is 7.20. The maximum absolute atomic E-state index is 11.0. The molecule has 1 heterocycles. The Kier molecular flexibility index (Phi) is 3.38. The molecule has 1 saturated heterocycles. The summed E-state index contributed by atoms with van der Waals surface area (Å²) in [5, 5.41) is 0. The maximum Gasteiger partial charge on any atom is 0.315 e. The lowest BCUT2D eigenvalue weighted by Gasteiger charge is -2.18. The van der Waals surface area contributed by atoms with Gasteiger partial charge in [-0.1, -0.05) is 0 Å². The molecule has 2 unspecified atom stereocenters. The molecule has 1 rings (SSSR count). The topological polar surface area (TPSA) is 136 Å². The van der Waals surface area contributed by atoms with Crippen LogP contribution in [0.25, 0.3) is 0 Å². The molecule has 3 amide bonds. The lowest BCUT2D eigenvalue weighted by Crippen LogP contribution is -2.46. The Hall–Kier alpha value is -1.35. The summed E-state index contributed by atoms with van der Waals surface area (Å²) in [5.74, 6) is -0.698. The van der Waals surface area contributed by atoms with Gasteiger partial charge in [0.15, 0.2) is 0 Å². The molecule has 0 spiro atoms. The van der Waals surface area contributed by atoms with Crippen LogP contribution in [0, 0.1) is 0 Å². The zero-order valence-corrected chi connectivity index (χ0v) is 9.53. The van der Waals surface area contributed by atoms with Crippen LogP contribution in [0.1, 0.15) is 6.42 Å².